The fraction of sp³-hybridized carbons (Fsp3) is 0.933. The van der Waals surface area contributed by atoms with Crippen molar-refractivity contribution in [3.63, 3.8) is 0 Å². The minimum atomic E-state index is 0.121. The van der Waals surface area contributed by atoms with Gasteiger partial charge in [0.2, 0.25) is 5.91 Å². The number of nitrogens with one attached hydrogen (secondary N) is 1. The Morgan fingerprint density at radius 1 is 1.32 bits per heavy atom. The molecule has 1 aliphatic rings. The molecule has 1 amide bonds. The average Bonchev–Trinajstić information content (AvgIpc) is 2.39. The topological polar surface area (TPSA) is 49.3 Å². The van der Waals surface area contributed by atoms with Crippen molar-refractivity contribution >= 4 is 17.7 Å². The van der Waals surface area contributed by atoms with Gasteiger partial charge in [-0.2, -0.15) is 11.8 Å². The Morgan fingerprint density at radius 2 is 1.95 bits per heavy atom. The minimum Gasteiger partial charge on any atom is -0.396 e. The lowest BCUT2D eigenvalue weighted by Gasteiger charge is -2.31. The Morgan fingerprint density at radius 3 is 2.42 bits per heavy atom. The third kappa shape index (κ3) is 5.74. The van der Waals surface area contributed by atoms with Crippen LogP contribution in [0.2, 0.25) is 0 Å². The SMILES string of the molecule is CSCC(CCO)NC(=O)C1CCC(C(C)C)CC1. The van der Waals surface area contributed by atoms with Crippen LogP contribution < -0.4 is 5.32 Å². The third-order valence-corrected chi connectivity index (χ3v) is 5.01. The minimum absolute atomic E-state index is 0.121. The Bertz CT molecular complexity index is 257. The number of carbonyl (C=O) groups excluding carboxylic acids is 1. The normalized spacial score (nSPS) is 25.3. The van der Waals surface area contributed by atoms with E-state index in [9.17, 15) is 4.79 Å². The molecular weight excluding hydrogens is 258 g/mol. The summed E-state index contributed by atoms with van der Waals surface area (Å²) in [6.45, 7) is 4.70. The highest BCUT2D eigenvalue weighted by Crippen LogP contribution is 2.33. The Labute approximate surface area is 121 Å². The molecule has 112 valence electrons. The van der Waals surface area contributed by atoms with E-state index in [-0.39, 0.29) is 24.5 Å². The molecule has 1 atom stereocenters. The van der Waals surface area contributed by atoms with Gasteiger partial charge in [-0.25, -0.2) is 0 Å². The second kappa shape index (κ2) is 8.85. The second-order valence-electron chi connectivity index (χ2n) is 6.03. The quantitative estimate of drug-likeness (QED) is 0.757. The van der Waals surface area contributed by atoms with Crippen molar-refractivity contribution in [3.8, 4) is 0 Å². The summed E-state index contributed by atoms with van der Waals surface area (Å²) >= 11 is 1.72. The Balaban J connectivity index is 2.37. The summed E-state index contributed by atoms with van der Waals surface area (Å²) in [4.78, 5) is 12.2. The van der Waals surface area contributed by atoms with Gasteiger partial charge in [0.25, 0.3) is 0 Å². The van der Waals surface area contributed by atoms with Crippen LogP contribution in [-0.2, 0) is 4.79 Å². The summed E-state index contributed by atoms with van der Waals surface area (Å²) in [6, 6.07) is 0.121. The van der Waals surface area contributed by atoms with Gasteiger partial charge in [0.15, 0.2) is 0 Å². The summed E-state index contributed by atoms with van der Waals surface area (Å²) < 4.78 is 0. The molecule has 0 radical (unpaired) electrons. The zero-order valence-electron chi connectivity index (χ0n) is 12.5. The van der Waals surface area contributed by atoms with Crippen molar-refractivity contribution in [2.45, 2.75) is 52.0 Å². The maximum Gasteiger partial charge on any atom is 0.223 e. The van der Waals surface area contributed by atoms with Crippen molar-refractivity contribution in [1.29, 1.82) is 0 Å². The monoisotopic (exact) mass is 287 g/mol. The number of carbonyl (C=O) groups is 1. The number of amides is 1. The van der Waals surface area contributed by atoms with Gasteiger partial charge < -0.3 is 10.4 Å². The molecule has 0 aromatic carbocycles. The molecule has 0 bridgehead atoms. The summed E-state index contributed by atoms with van der Waals surface area (Å²) in [5, 5.41) is 12.1. The molecule has 0 saturated heterocycles. The van der Waals surface area contributed by atoms with Crippen LogP contribution in [0.1, 0.15) is 46.0 Å². The maximum atomic E-state index is 12.2. The molecule has 1 rings (SSSR count). The van der Waals surface area contributed by atoms with E-state index in [4.69, 9.17) is 5.11 Å². The maximum absolute atomic E-state index is 12.2. The highest BCUT2D eigenvalue weighted by atomic mass is 32.2. The molecule has 0 heterocycles. The fourth-order valence-corrected chi connectivity index (χ4v) is 3.57. The standard InChI is InChI=1S/C15H29NO2S/c1-11(2)12-4-6-13(7-5-12)15(18)16-14(8-9-17)10-19-3/h11-14,17H,4-10H2,1-3H3,(H,16,18). The number of rotatable bonds is 7. The van der Waals surface area contributed by atoms with E-state index < -0.39 is 0 Å². The summed E-state index contributed by atoms with van der Waals surface area (Å²) in [5.41, 5.74) is 0. The number of aliphatic hydroxyl groups is 1. The molecule has 0 aromatic heterocycles. The lowest BCUT2D eigenvalue weighted by molar-refractivity contribution is -0.127. The van der Waals surface area contributed by atoms with Crippen LogP contribution >= 0.6 is 11.8 Å². The lowest BCUT2D eigenvalue weighted by Crippen LogP contribution is -2.42. The van der Waals surface area contributed by atoms with E-state index in [1.165, 1.54) is 12.8 Å². The summed E-state index contributed by atoms with van der Waals surface area (Å²) in [5.74, 6) is 2.81. The van der Waals surface area contributed by atoms with Gasteiger partial charge >= 0.3 is 0 Å². The molecule has 0 spiro atoms. The Kier molecular flexibility index (Phi) is 7.84. The van der Waals surface area contributed by atoms with Gasteiger partial charge in [-0.15, -0.1) is 0 Å². The van der Waals surface area contributed by atoms with E-state index in [0.29, 0.717) is 6.42 Å². The first-order chi connectivity index (χ1) is 9.08. The fourth-order valence-electron chi connectivity index (χ4n) is 2.92. The molecule has 4 heteroatoms. The van der Waals surface area contributed by atoms with Gasteiger partial charge in [0, 0.05) is 24.3 Å². The number of hydrogen-bond donors (Lipinski definition) is 2. The molecule has 0 aliphatic heterocycles. The molecule has 1 aliphatic carbocycles. The highest BCUT2D eigenvalue weighted by molar-refractivity contribution is 7.98. The van der Waals surface area contributed by atoms with Crippen LogP contribution in [0.4, 0.5) is 0 Å². The number of thioether (sulfide) groups is 1. The average molecular weight is 287 g/mol. The first kappa shape index (κ1) is 16.8. The first-order valence-electron chi connectivity index (χ1n) is 7.48. The number of aliphatic hydroxyl groups excluding tert-OH is 1. The zero-order valence-corrected chi connectivity index (χ0v) is 13.3. The van der Waals surface area contributed by atoms with Gasteiger partial charge in [-0.1, -0.05) is 13.8 Å². The summed E-state index contributed by atoms with van der Waals surface area (Å²) in [6.07, 6.45) is 7.11. The van der Waals surface area contributed by atoms with Crippen molar-refractivity contribution in [2.75, 3.05) is 18.6 Å². The lowest BCUT2D eigenvalue weighted by atomic mass is 9.76. The van der Waals surface area contributed by atoms with Crippen LogP contribution in [0, 0.1) is 17.8 Å². The van der Waals surface area contributed by atoms with Gasteiger partial charge in [-0.05, 0) is 50.2 Å². The molecule has 1 saturated carbocycles. The van der Waals surface area contributed by atoms with E-state index in [2.05, 4.69) is 19.2 Å². The summed E-state index contributed by atoms with van der Waals surface area (Å²) in [7, 11) is 0. The van der Waals surface area contributed by atoms with Crippen molar-refractivity contribution in [3.05, 3.63) is 0 Å². The molecule has 1 fully saturated rings. The van der Waals surface area contributed by atoms with E-state index in [1.54, 1.807) is 11.8 Å². The largest absolute Gasteiger partial charge is 0.396 e. The molecule has 2 N–H and O–H groups in total. The first-order valence-corrected chi connectivity index (χ1v) is 8.88. The third-order valence-electron chi connectivity index (χ3n) is 4.28. The van der Waals surface area contributed by atoms with Crippen molar-refractivity contribution in [1.82, 2.24) is 5.32 Å². The van der Waals surface area contributed by atoms with Crippen molar-refractivity contribution < 1.29 is 9.90 Å². The van der Waals surface area contributed by atoms with Crippen LogP contribution in [0.3, 0.4) is 0 Å². The van der Waals surface area contributed by atoms with E-state index in [0.717, 1.165) is 30.4 Å². The van der Waals surface area contributed by atoms with Gasteiger partial charge in [0.1, 0.15) is 0 Å². The smallest absolute Gasteiger partial charge is 0.223 e. The van der Waals surface area contributed by atoms with Crippen LogP contribution in [0.25, 0.3) is 0 Å². The second-order valence-corrected chi connectivity index (χ2v) is 6.94. The molecular formula is C15H29NO2S. The highest BCUT2D eigenvalue weighted by Gasteiger charge is 2.28. The predicted octanol–water partition coefficient (Wildman–Crippen LogP) is 2.68. The number of hydrogen-bond acceptors (Lipinski definition) is 3. The molecule has 19 heavy (non-hydrogen) atoms. The Hall–Kier alpha value is -0.220. The zero-order chi connectivity index (χ0) is 14.3. The van der Waals surface area contributed by atoms with E-state index in [1.807, 2.05) is 6.26 Å². The van der Waals surface area contributed by atoms with Crippen LogP contribution in [0.5, 0.6) is 0 Å². The molecule has 3 nitrogen and oxygen atoms in total. The predicted molar refractivity (Wildman–Crippen MR) is 82.3 cm³/mol. The molecule has 0 aromatic rings. The van der Waals surface area contributed by atoms with Gasteiger partial charge in [-0.3, -0.25) is 4.79 Å². The van der Waals surface area contributed by atoms with Crippen LogP contribution in [-0.4, -0.2) is 35.7 Å². The van der Waals surface area contributed by atoms with Crippen LogP contribution in [0.15, 0.2) is 0 Å². The van der Waals surface area contributed by atoms with Gasteiger partial charge in [0.05, 0.1) is 0 Å². The van der Waals surface area contributed by atoms with Crippen molar-refractivity contribution in [2.24, 2.45) is 17.8 Å². The van der Waals surface area contributed by atoms with E-state index >= 15 is 0 Å². The molecule has 1 unspecified atom stereocenters.